The molecule has 0 saturated carbocycles. The highest BCUT2D eigenvalue weighted by Gasteiger charge is 2.26. The Hall–Kier alpha value is -2.01. The molecule has 1 aliphatic heterocycles. The Labute approximate surface area is 205 Å². The van der Waals surface area contributed by atoms with E-state index in [1.54, 1.807) is 15.4 Å². The molecule has 4 rings (SSSR count). The number of fused-ring (bicyclic) bond motifs is 1. The first kappa shape index (κ1) is 23.2. The second-order valence-electron chi connectivity index (χ2n) is 9.13. The Bertz CT molecular complexity index is 1130. The van der Waals surface area contributed by atoms with E-state index in [0.29, 0.717) is 5.92 Å². The van der Waals surface area contributed by atoms with Crippen LogP contribution in [-0.4, -0.2) is 38.7 Å². The van der Waals surface area contributed by atoms with Crippen LogP contribution in [0.25, 0.3) is 11.0 Å². The molecule has 1 aromatic carbocycles. The summed E-state index contributed by atoms with van der Waals surface area (Å²) in [6, 6.07) is 8.19. The number of benzene rings is 1. The highest BCUT2D eigenvalue weighted by molar-refractivity contribution is 14.2. The third-order valence-corrected chi connectivity index (χ3v) is 7.30. The van der Waals surface area contributed by atoms with Gasteiger partial charge in [0.2, 0.25) is 0 Å². The number of aromatic nitrogens is 3. The smallest absolute Gasteiger partial charge is 0.412 e. The molecule has 32 heavy (non-hydrogen) atoms. The van der Waals surface area contributed by atoms with Gasteiger partial charge in [0.15, 0.2) is 5.65 Å². The second kappa shape index (κ2) is 9.46. The van der Waals surface area contributed by atoms with E-state index in [0.717, 1.165) is 48.5 Å². The van der Waals surface area contributed by atoms with Crippen LogP contribution in [-0.2, 0) is 4.74 Å². The predicted octanol–water partition coefficient (Wildman–Crippen LogP) is 6.32. The minimum absolute atomic E-state index is 0.357. The largest absolute Gasteiger partial charge is 0.444 e. The standard InChI is InChI=1S/C23H28IN5O2S/c1-15-7-8-17(27-22(30)31-23(2,3)4)12-19(15)16-6-5-10-28(13-16)20-18-9-11-29(32-24)21(18)26-14-25-20/h7-9,11-12,14,16H,5-6,10,13H2,1-4H3,(H,27,30). The van der Waals surface area contributed by atoms with Crippen molar-refractivity contribution in [2.75, 3.05) is 23.3 Å². The molecule has 2 aromatic heterocycles. The molecule has 1 fully saturated rings. The maximum atomic E-state index is 12.2. The number of ether oxygens (including phenoxy) is 1. The van der Waals surface area contributed by atoms with Crippen LogP contribution >= 0.6 is 30.3 Å². The van der Waals surface area contributed by atoms with E-state index in [1.165, 1.54) is 11.1 Å². The number of carbonyl (C=O) groups is 1. The van der Waals surface area contributed by atoms with Crippen molar-refractivity contribution >= 4 is 59.0 Å². The molecule has 1 unspecified atom stereocenters. The fraction of sp³-hybridized carbons (Fsp3) is 0.435. The van der Waals surface area contributed by atoms with Gasteiger partial charge in [-0.3, -0.25) is 9.29 Å². The van der Waals surface area contributed by atoms with Gasteiger partial charge in [-0.2, -0.15) is 0 Å². The molecule has 1 aliphatic rings. The van der Waals surface area contributed by atoms with Crippen molar-refractivity contribution in [1.82, 2.24) is 13.9 Å². The third-order valence-electron chi connectivity index (χ3n) is 5.59. The van der Waals surface area contributed by atoms with Gasteiger partial charge >= 0.3 is 6.09 Å². The van der Waals surface area contributed by atoms with Gasteiger partial charge in [0, 0.05) is 61.2 Å². The number of halogens is 1. The first-order valence-electron chi connectivity index (χ1n) is 10.7. The van der Waals surface area contributed by atoms with Gasteiger partial charge in [-0.1, -0.05) is 6.07 Å². The molecular weight excluding hydrogens is 537 g/mol. The molecule has 0 bridgehead atoms. The minimum Gasteiger partial charge on any atom is -0.444 e. The monoisotopic (exact) mass is 565 g/mol. The lowest BCUT2D eigenvalue weighted by Crippen LogP contribution is -2.35. The van der Waals surface area contributed by atoms with Crippen LogP contribution in [0.2, 0.25) is 0 Å². The number of amides is 1. The van der Waals surface area contributed by atoms with Gasteiger partial charge < -0.3 is 9.64 Å². The summed E-state index contributed by atoms with van der Waals surface area (Å²) in [7, 11) is 1.60. The SMILES string of the molecule is Cc1ccc(NC(=O)OC(C)(C)C)cc1C1CCCN(c2ncnc3c2ccn3SI)C1. The molecule has 0 spiro atoms. The lowest BCUT2D eigenvalue weighted by atomic mass is 9.87. The van der Waals surface area contributed by atoms with Gasteiger partial charge in [0.05, 0.1) is 5.39 Å². The molecule has 0 aliphatic carbocycles. The molecule has 170 valence electrons. The maximum absolute atomic E-state index is 12.2. The summed E-state index contributed by atoms with van der Waals surface area (Å²) in [5, 5.41) is 3.96. The Morgan fingerprint density at radius 2 is 2.09 bits per heavy atom. The van der Waals surface area contributed by atoms with Gasteiger partial charge in [-0.15, -0.1) is 0 Å². The summed E-state index contributed by atoms with van der Waals surface area (Å²) in [4.78, 5) is 23.7. The number of piperidine rings is 1. The highest BCUT2D eigenvalue weighted by Crippen LogP contribution is 2.35. The molecule has 9 heteroatoms. The molecule has 3 heterocycles. The van der Waals surface area contributed by atoms with Crippen LogP contribution in [0.1, 0.15) is 50.7 Å². The van der Waals surface area contributed by atoms with Crippen molar-refractivity contribution in [1.29, 1.82) is 0 Å². The average molecular weight is 565 g/mol. The van der Waals surface area contributed by atoms with Gasteiger partial charge in [0.1, 0.15) is 17.7 Å². The van der Waals surface area contributed by atoms with Gasteiger partial charge in [-0.25, -0.2) is 14.8 Å². The lowest BCUT2D eigenvalue weighted by molar-refractivity contribution is 0.0636. The fourth-order valence-electron chi connectivity index (χ4n) is 4.23. The van der Waals surface area contributed by atoms with Crippen molar-refractivity contribution in [3.05, 3.63) is 47.9 Å². The molecule has 7 nitrogen and oxygen atoms in total. The zero-order chi connectivity index (χ0) is 22.9. The number of hydrogen-bond acceptors (Lipinski definition) is 6. The van der Waals surface area contributed by atoms with Crippen LogP contribution in [0.3, 0.4) is 0 Å². The van der Waals surface area contributed by atoms with Crippen LogP contribution in [0, 0.1) is 6.92 Å². The number of nitrogens with zero attached hydrogens (tertiary/aromatic N) is 4. The molecule has 0 radical (unpaired) electrons. The molecule has 1 amide bonds. The normalized spacial score (nSPS) is 16.9. The molecule has 1 saturated heterocycles. The summed E-state index contributed by atoms with van der Waals surface area (Å²) in [5.74, 6) is 1.35. The lowest BCUT2D eigenvalue weighted by Gasteiger charge is -2.35. The number of hydrogen-bond donors (Lipinski definition) is 1. The van der Waals surface area contributed by atoms with E-state index in [-0.39, 0.29) is 0 Å². The summed E-state index contributed by atoms with van der Waals surface area (Å²) >= 11 is 2.26. The third kappa shape index (κ3) is 5.14. The zero-order valence-electron chi connectivity index (χ0n) is 18.8. The van der Waals surface area contributed by atoms with E-state index in [4.69, 9.17) is 4.74 Å². The Kier molecular flexibility index (Phi) is 6.85. The van der Waals surface area contributed by atoms with Crippen molar-refractivity contribution in [3.63, 3.8) is 0 Å². The van der Waals surface area contributed by atoms with Crippen molar-refractivity contribution in [2.24, 2.45) is 0 Å². The Balaban J connectivity index is 1.56. The van der Waals surface area contributed by atoms with Gasteiger partial charge in [0.25, 0.3) is 0 Å². The van der Waals surface area contributed by atoms with E-state index < -0.39 is 11.7 Å². The summed E-state index contributed by atoms with van der Waals surface area (Å²) in [6.45, 7) is 9.57. The van der Waals surface area contributed by atoms with Gasteiger partial charge in [-0.05, 0) is 69.9 Å². The average Bonchev–Trinajstić information content (AvgIpc) is 3.17. The summed E-state index contributed by atoms with van der Waals surface area (Å²) in [5.41, 5.74) is 3.66. The second-order valence-corrected chi connectivity index (χ2v) is 10.8. The quantitative estimate of drug-likeness (QED) is 0.374. The first-order chi connectivity index (χ1) is 15.2. The maximum Gasteiger partial charge on any atom is 0.412 e. The number of carbonyl (C=O) groups excluding carboxylic acids is 1. The van der Waals surface area contributed by atoms with Crippen LogP contribution in [0.5, 0.6) is 0 Å². The van der Waals surface area contributed by atoms with Crippen molar-refractivity contribution < 1.29 is 9.53 Å². The van der Waals surface area contributed by atoms with E-state index >= 15 is 0 Å². The number of aryl methyl sites for hydroxylation is 1. The Morgan fingerprint density at radius 1 is 1.28 bits per heavy atom. The van der Waals surface area contributed by atoms with E-state index in [1.807, 2.05) is 33.0 Å². The van der Waals surface area contributed by atoms with Crippen molar-refractivity contribution in [2.45, 2.75) is 52.1 Å². The molecule has 1 atom stereocenters. The Morgan fingerprint density at radius 3 is 2.84 bits per heavy atom. The van der Waals surface area contributed by atoms with E-state index in [9.17, 15) is 4.79 Å². The molecule has 1 N–H and O–H groups in total. The number of nitrogens with one attached hydrogen (secondary N) is 1. The van der Waals surface area contributed by atoms with E-state index in [2.05, 4.69) is 70.5 Å². The highest BCUT2D eigenvalue weighted by atomic mass is 127. The number of anilines is 2. The van der Waals surface area contributed by atoms with Crippen molar-refractivity contribution in [3.8, 4) is 0 Å². The topological polar surface area (TPSA) is 72.3 Å². The molecule has 3 aromatic rings. The van der Waals surface area contributed by atoms with Crippen LogP contribution in [0.15, 0.2) is 36.8 Å². The summed E-state index contributed by atoms with van der Waals surface area (Å²) in [6.07, 6.45) is 5.45. The fourth-order valence-corrected chi connectivity index (χ4v) is 5.50. The predicted molar refractivity (Wildman–Crippen MR) is 140 cm³/mol. The molecular formula is C23H28IN5O2S. The number of rotatable bonds is 4. The summed E-state index contributed by atoms with van der Waals surface area (Å²) < 4.78 is 7.46. The van der Waals surface area contributed by atoms with Crippen LogP contribution < -0.4 is 10.2 Å². The minimum atomic E-state index is -0.529. The van der Waals surface area contributed by atoms with Crippen LogP contribution in [0.4, 0.5) is 16.3 Å². The zero-order valence-corrected chi connectivity index (χ0v) is 21.7. The first-order valence-corrected chi connectivity index (χ1v) is 14.0.